The van der Waals surface area contributed by atoms with Gasteiger partial charge in [0, 0.05) is 38.3 Å². The van der Waals surface area contributed by atoms with Crippen LogP contribution in [0.2, 0.25) is 0 Å². The van der Waals surface area contributed by atoms with E-state index in [0.29, 0.717) is 18.4 Å². The number of nitrogens with zero attached hydrogens (tertiary/aromatic N) is 2. The van der Waals surface area contributed by atoms with Gasteiger partial charge < -0.3 is 19.9 Å². The van der Waals surface area contributed by atoms with Gasteiger partial charge in [-0.3, -0.25) is 0 Å². The summed E-state index contributed by atoms with van der Waals surface area (Å²) in [7, 11) is 0. The van der Waals surface area contributed by atoms with Gasteiger partial charge in [-0.2, -0.15) is 0 Å². The molecule has 152 valence electrons. The molecule has 6 nitrogen and oxygen atoms in total. The first-order chi connectivity index (χ1) is 12.1. The minimum atomic E-state index is 0. The summed E-state index contributed by atoms with van der Waals surface area (Å²) >= 11 is 0. The fourth-order valence-electron chi connectivity index (χ4n) is 2.50. The molecule has 0 unspecified atom stereocenters. The smallest absolute Gasteiger partial charge is 0.191 e. The number of ether oxygens (including phenoxy) is 1. The van der Waals surface area contributed by atoms with Crippen LogP contribution >= 0.6 is 24.0 Å². The van der Waals surface area contributed by atoms with Crippen molar-refractivity contribution in [2.75, 3.05) is 26.3 Å². The topological polar surface area (TPSA) is 71.7 Å². The summed E-state index contributed by atoms with van der Waals surface area (Å²) in [5.74, 6) is 2.66. The van der Waals surface area contributed by atoms with Crippen LogP contribution in [-0.4, -0.2) is 37.4 Å². The molecule has 0 bridgehead atoms. The number of halogens is 1. The first-order valence-electron chi connectivity index (χ1n) is 9.65. The third kappa shape index (κ3) is 10.4. The van der Waals surface area contributed by atoms with E-state index in [9.17, 15) is 0 Å². The van der Waals surface area contributed by atoms with Crippen LogP contribution in [0.15, 0.2) is 15.6 Å². The molecule has 0 amide bonds. The van der Waals surface area contributed by atoms with E-state index < -0.39 is 0 Å². The summed E-state index contributed by atoms with van der Waals surface area (Å²) in [4.78, 5) is 4.57. The van der Waals surface area contributed by atoms with Gasteiger partial charge in [-0.15, -0.1) is 24.0 Å². The molecule has 0 aliphatic carbocycles. The highest BCUT2D eigenvalue weighted by atomic mass is 127. The van der Waals surface area contributed by atoms with Crippen molar-refractivity contribution in [2.24, 2.45) is 10.9 Å². The summed E-state index contributed by atoms with van der Waals surface area (Å²) < 4.78 is 11.0. The maximum atomic E-state index is 5.59. The highest BCUT2D eigenvalue weighted by Gasteiger charge is 2.12. The molecule has 0 spiro atoms. The van der Waals surface area contributed by atoms with Crippen LogP contribution in [0, 0.1) is 5.92 Å². The molecule has 1 rings (SSSR count). The summed E-state index contributed by atoms with van der Waals surface area (Å²) in [6.45, 7) is 14.5. The maximum absolute atomic E-state index is 5.59. The fourth-order valence-corrected chi connectivity index (χ4v) is 2.50. The number of hydrogen-bond donors (Lipinski definition) is 2. The molecule has 0 aliphatic heterocycles. The van der Waals surface area contributed by atoms with Crippen LogP contribution < -0.4 is 10.6 Å². The average molecular weight is 480 g/mol. The molecule has 7 heteroatoms. The van der Waals surface area contributed by atoms with Crippen LogP contribution in [0.4, 0.5) is 0 Å². The zero-order valence-corrected chi connectivity index (χ0v) is 19.3. The standard InChI is InChI=1S/C19H36N4O2.HI/c1-6-16(7-2)18-12-17(25-23-18)13-22-19(20-8-3)21-10-9-11-24-14-15(4)5;/h12,15-16H,6-11,13-14H2,1-5H3,(H2,20,21,22);1H. The molecule has 0 atom stereocenters. The van der Waals surface area contributed by atoms with E-state index in [4.69, 9.17) is 9.26 Å². The lowest BCUT2D eigenvalue weighted by atomic mass is 9.99. The second-order valence-corrected chi connectivity index (χ2v) is 6.68. The number of aromatic nitrogens is 1. The number of aliphatic imine (C=N–C) groups is 1. The lowest BCUT2D eigenvalue weighted by molar-refractivity contribution is 0.108. The Balaban J connectivity index is 0.00000625. The van der Waals surface area contributed by atoms with Gasteiger partial charge in [0.2, 0.25) is 0 Å². The first kappa shape index (κ1) is 25.2. The molecule has 0 aromatic carbocycles. The maximum Gasteiger partial charge on any atom is 0.191 e. The van der Waals surface area contributed by atoms with E-state index in [1.165, 1.54) is 0 Å². The average Bonchev–Trinajstić information content (AvgIpc) is 3.05. The van der Waals surface area contributed by atoms with Gasteiger partial charge in [0.25, 0.3) is 0 Å². The van der Waals surface area contributed by atoms with Gasteiger partial charge >= 0.3 is 0 Å². The van der Waals surface area contributed by atoms with E-state index in [2.05, 4.69) is 55.4 Å². The second-order valence-electron chi connectivity index (χ2n) is 6.68. The summed E-state index contributed by atoms with van der Waals surface area (Å²) in [5, 5.41) is 10.8. The van der Waals surface area contributed by atoms with Crippen LogP contribution in [-0.2, 0) is 11.3 Å². The number of rotatable bonds is 12. The van der Waals surface area contributed by atoms with E-state index in [1.54, 1.807) is 0 Å². The van der Waals surface area contributed by atoms with Gasteiger partial charge in [-0.05, 0) is 32.1 Å². The van der Waals surface area contributed by atoms with Crippen molar-refractivity contribution >= 4 is 29.9 Å². The van der Waals surface area contributed by atoms with E-state index >= 15 is 0 Å². The molecular weight excluding hydrogens is 443 g/mol. The van der Waals surface area contributed by atoms with E-state index in [0.717, 1.165) is 63.0 Å². The molecule has 1 aromatic rings. The van der Waals surface area contributed by atoms with Crippen molar-refractivity contribution < 1.29 is 9.26 Å². The predicted octanol–water partition coefficient (Wildman–Crippen LogP) is 4.31. The van der Waals surface area contributed by atoms with Crippen molar-refractivity contribution in [1.29, 1.82) is 0 Å². The molecule has 1 heterocycles. The van der Waals surface area contributed by atoms with Crippen molar-refractivity contribution in [2.45, 2.75) is 66.3 Å². The SMILES string of the molecule is CCNC(=NCc1cc(C(CC)CC)no1)NCCCOCC(C)C.I. The lowest BCUT2D eigenvalue weighted by Gasteiger charge is -2.11. The molecule has 0 aliphatic rings. The molecule has 26 heavy (non-hydrogen) atoms. The van der Waals surface area contributed by atoms with E-state index in [1.807, 2.05) is 6.07 Å². The van der Waals surface area contributed by atoms with Gasteiger partial charge in [-0.25, -0.2) is 4.99 Å². The Hall–Kier alpha value is -0.830. The number of nitrogens with one attached hydrogen (secondary N) is 2. The van der Waals surface area contributed by atoms with E-state index in [-0.39, 0.29) is 24.0 Å². The Morgan fingerprint density at radius 1 is 1.23 bits per heavy atom. The second kappa shape index (κ2) is 15.2. The third-order valence-corrected chi connectivity index (χ3v) is 3.93. The highest BCUT2D eigenvalue weighted by Crippen LogP contribution is 2.22. The number of guanidine groups is 1. The zero-order valence-electron chi connectivity index (χ0n) is 17.0. The molecule has 2 N–H and O–H groups in total. The largest absolute Gasteiger partial charge is 0.381 e. The van der Waals surface area contributed by atoms with Crippen LogP contribution in [0.25, 0.3) is 0 Å². The minimum Gasteiger partial charge on any atom is -0.381 e. The summed E-state index contributed by atoms with van der Waals surface area (Å²) in [6, 6.07) is 2.03. The Morgan fingerprint density at radius 3 is 2.58 bits per heavy atom. The molecule has 0 saturated carbocycles. The van der Waals surface area contributed by atoms with Crippen molar-refractivity contribution in [3.05, 3.63) is 17.5 Å². The Kier molecular flexibility index (Phi) is 14.8. The van der Waals surface area contributed by atoms with Crippen molar-refractivity contribution in [3.8, 4) is 0 Å². The predicted molar refractivity (Wildman–Crippen MR) is 118 cm³/mol. The molecule has 0 saturated heterocycles. The molecular formula is C19H37IN4O2. The molecule has 0 radical (unpaired) electrons. The zero-order chi connectivity index (χ0) is 18.5. The normalized spacial score (nSPS) is 11.7. The Morgan fingerprint density at radius 2 is 1.96 bits per heavy atom. The van der Waals surface area contributed by atoms with Gasteiger partial charge in [0.15, 0.2) is 11.7 Å². The Bertz CT molecular complexity index is 488. The molecule has 0 fully saturated rings. The first-order valence-corrected chi connectivity index (χ1v) is 9.65. The highest BCUT2D eigenvalue weighted by molar-refractivity contribution is 14.0. The minimum absolute atomic E-state index is 0. The quantitative estimate of drug-likeness (QED) is 0.202. The van der Waals surface area contributed by atoms with Gasteiger partial charge in [0.05, 0.1) is 5.69 Å². The van der Waals surface area contributed by atoms with Crippen LogP contribution in [0.3, 0.4) is 0 Å². The molecule has 1 aromatic heterocycles. The van der Waals surface area contributed by atoms with Crippen LogP contribution in [0.1, 0.15) is 71.3 Å². The van der Waals surface area contributed by atoms with Gasteiger partial charge in [0.1, 0.15) is 6.54 Å². The van der Waals surface area contributed by atoms with Crippen LogP contribution in [0.5, 0.6) is 0 Å². The van der Waals surface area contributed by atoms with Gasteiger partial charge in [-0.1, -0.05) is 32.9 Å². The third-order valence-electron chi connectivity index (χ3n) is 3.93. The fraction of sp³-hybridized carbons (Fsp3) is 0.789. The summed E-state index contributed by atoms with van der Waals surface area (Å²) in [5.41, 5.74) is 1.04. The van der Waals surface area contributed by atoms with Crippen molar-refractivity contribution in [3.63, 3.8) is 0 Å². The summed E-state index contributed by atoms with van der Waals surface area (Å²) in [6.07, 6.45) is 3.11. The Labute approximate surface area is 175 Å². The monoisotopic (exact) mass is 480 g/mol. The number of hydrogen-bond acceptors (Lipinski definition) is 4. The van der Waals surface area contributed by atoms with Crippen molar-refractivity contribution in [1.82, 2.24) is 15.8 Å². The lowest BCUT2D eigenvalue weighted by Crippen LogP contribution is -2.38.